The quantitative estimate of drug-likeness (QED) is 0.0868. The van der Waals surface area contributed by atoms with Gasteiger partial charge in [-0.15, -0.1) is 0 Å². The molecule has 0 aliphatic heterocycles. The zero-order valence-corrected chi connectivity index (χ0v) is 31.4. The predicted molar refractivity (Wildman–Crippen MR) is 167 cm³/mol. The zero-order chi connectivity index (χ0) is 31.2. The van der Waals surface area contributed by atoms with Crippen molar-refractivity contribution in [1.82, 2.24) is 0 Å². The van der Waals surface area contributed by atoms with Crippen LogP contribution in [0.3, 0.4) is 0 Å². The number of carboxylic acid groups (broad SMARTS) is 2. The summed E-state index contributed by atoms with van der Waals surface area (Å²) in [7, 11) is 0. The molecular weight excluding hydrogens is 638 g/mol. The van der Waals surface area contributed by atoms with Crippen molar-refractivity contribution in [2.75, 3.05) is 26.4 Å². The summed E-state index contributed by atoms with van der Waals surface area (Å²) in [5, 5.41) is 65.1. The fourth-order valence-electron chi connectivity index (χ4n) is 0.1000. The molecule has 0 aromatic rings. The van der Waals surface area contributed by atoms with E-state index in [1.165, 1.54) is 0 Å². The molecule has 16 heteroatoms. The van der Waals surface area contributed by atoms with E-state index in [-0.39, 0.29) is 194 Å². The third kappa shape index (κ3) is 240. The number of rotatable bonds is 6. The molecule has 268 valence electrons. The Labute approximate surface area is 354 Å². The second-order valence-electron chi connectivity index (χ2n) is 8.21. The second-order valence-corrected chi connectivity index (χ2v) is 8.21. The normalized spacial score (nSPS) is 7.23. The molecule has 0 fully saturated rings. The molecule has 0 atom stereocenters. The summed E-state index contributed by atoms with van der Waals surface area (Å²) in [4.78, 5) is 43.5. The molecule has 0 aromatic heterocycles. The maximum Gasteiger partial charge on any atom is 1.00 e. The van der Waals surface area contributed by atoms with Crippen LogP contribution >= 0.6 is 0 Å². The van der Waals surface area contributed by atoms with Gasteiger partial charge in [-0.25, -0.2) is 0 Å². The molecule has 0 aliphatic rings. The summed E-state index contributed by atoms with van der Waals surface area (Å²) < 4.78 is 0. The fraction of sp³-hybridized carbons (Fsp3) is 0.750. The summed E-state index contributed by atoms with van der Waals surface area (Å²) in [6, 6.07) is 0. The summed E-state index contributed by atoms with van der Waals surface area (Å²) in [6.07, 6.45) is 2.94. The topological polar surface area (TPSA) is 283 Å². The third-order valence-electron chi connectivity index (χ3n) is 2.32. The third-order valence-corrected chi connectivity index (χ3v) is 2.32. The van der Waals surface area contributed by atoms with E-state index in [0.29, 0.717) is 12.5 Å². The van der Waals surface area contributed by atoms with E-state index in [1.807, 2.05) is 34.5 Å². The molecule has 0 amide bonds. The van der Waals surface area contributed by atoms with Crippen LogP contribution < -0.4 is 113 Å². The molecular formula is C28H69K2O14-. The molecule has 14 nitrogen and oxygen atoms in total. The number of aliphatic hydroxyl groups is 6. The number of aliphatic hydroxyl groups excluding tert-OH is 6. The van der Waals surface area contributed by atoms with Gasteiger partial charge in [0.1, 0.15) is 31.9 Å². The first kappa shape index (κ1) is 104. The smallest absolute Gasteiger partial charge is 0.870 e. The first-order valence-corrected chi connectivity index (χ1v) is 10.2. The van der Waals surface area contributed by atoms with Gasteiger partial charge in [0.25, 0.3) is 0 Å². The van der Waals surface area contributed by atoms with E-state index >= 15 is 0 Å². The summed E-state index contributed by atoms with van der Waals surface area (Å²) in [5.41, 5.74) is -0.611. The van der Waals surface area contributed by atoms with Crippen LogP contribution in [-0.4, -0.2) is 94.8 Å². The zero-order valence-electron chi connectivity index (χ0n) is 25.1. The van der Waals surface area contributed by atoms with Gasteiger partial charge in [-0.1, -0.05) is 92.5 Å². The van der Waals surface area contributed by atoms with Crippen molar-refractivity contribution in [2.24, 2.45) is 22.7 Å². The summed E-state index contributed by atoms with van der Waals surface area (Å²) >= 11 is 0. The van der Waals surface area contributed by atoms with Crippen LogP contribution in [0.5, 0.6) is 0 Å². The van der Waals surface area contributed by atoms with Crippen LogP contribution in [0, 0.1) is 22.7 Å². The largest absolute Gasteiger partial charge is 1.00 e. The van der Waals surface area contributed by atoms with Crippen LogP contribution in [0.2, 0.25) is 0 Å². The van der Waals surface area contributed by atoms with E-state index in [1.54, 1.807) is 27.7 Å². The number of aldehydes is 2. The number of hydrogen-bond donors (Lipinski definition) is 6. The van der Waals surface area contributed by atoms with Gasteiger partial charge in [-0.05, 0) is 0 Å². The van der Waals surface area contributed by atoms with Gasteiger partial charge in [0.2, 0.25) is 0 Å². The van der Waals surface area contributed by atoms with Crippen molar-refractivity contribution in [2.45, 2.75) is 92.5 Å². The van der Waals surface area contributed by atoms with Crippen molar-refractivity contribution in [3.8, 4) is 0 Å². The van der Waals surface area contributed by atoms with Gasteiger partial charge in [0, 0.05) is 35.6 Å². The molecule has 0 saturated carbocycles. The molecule has 0 heterocycles. The number of carbonyl (C=O) groups excluding carboxylic acids is 5. The van der Waals surface area contributed by atoms with E-state index in [4.69, 9.17) is 55.2 Å². The molecule has 0 unspecified atom stereocenters. The maximum atomic E-state index is 9.50. The second kappa shape index (κ2) is 96.7. The Hall–Kier alpha value is 0.363. The Balaban J connectivity index is -0.0000000145. The molecule has 0 saturated heterocycles. The minimum atomic E-state index is -0.500. The maximum absolute atomic E-state index is 9.50. The number of hydrogen-bond acceptors (Lipinski definition) is 14. The van der Waals surface area contributed by atoms with Crippen LogP contribution in [0.15, 0.2) is 12.5 Å². The van der Waals surface area contributed by atoms with Gasteiger partial charge >= 0.3 is 103 Å². The molecule has 0 radical (unpaired) electrons. The van der Waals surface area contributed by atoms with Crippen molar-refractivity contribution in [3.05, 3.63) is 12.5 Å². The molecule has 7 N–H and O–H groups in total. The van der Waals surface area contributed by atoms with Crippen molar-refractivity contribution in [3.63, 3.8) is 0 Å². The molecule has 44 heavy (non-hydrogen) atoms. The first-order valence-electron chi connectivity index (χ1n) is 10.2. The Morgan fingerprint density at radius 3 is 0.659 bits per heavy atom. The van der Waals surface area contributed by atoms with Gasteiger partial charge in [-0.2, -0.15) is 0 Å². The summed E-state index contributed by atoms with van der Waals surface area (Å²) in [5.74, 6) is 0.407. The molecule has 0 bridgehead atoms. The monoisotopic (exact) mass is 707 g/mol. The number of carbonyl (C=O) groups is 5. The SMILES string of the molecule is C.C.C.C.C.C=O.CC(C)(CO)CO.CC(C)(CO)CO.CC(C)C=O.CC(C)C=O.O/C=C/O.O=C[O-].O=C[O-].[K+].[K+].[OH-]. The molecule has 0 aromatic carbocycles. The molecule has 0 spiro atoms. The molecule has 0 aliphatic carbocycles. The minimum absolute atomic E-state index is 0. The molecule has 0 rings (SSSR count). The van der Waals surface area contributed by atoms with E-state index in [9.17, 15) is 9.59 Å². The Kier molecular flexibility index (Phi) is 228. The van der Waals surface area contributed by atoms with Crippen molar-refractivity contribution < 1.29 is 173 Å². The average Bonchev–Trinajstić information content (AvgIpc) is 2.87. The van der Waals surface area contributed by atoms with Crippen LogP contribution in [0.1, 0.15) is 92.5 Å². The minimum Gasteiger partial charge on any atom is -0.870 e. The predicted octanol–water partition coefficient (Wildman–Crippen LogP) is -4.19. The van der Waals surface area contributed by atoms with Crippen molar-refractivity contribution >= 4 is 32.3 Å². The van der Waals surface area contributed by atoms with Gasteiger partial charge in [0.05, 0.1) is 26.4 Å². The van der Waals surface area contributed by atoms with E-state index in [2.05, 4.69) is 0 Å². The average molecular weight is 708 g/mol. The van der Waals surface area contributed by atoms with Crippen LogP contribution in [-0.2, 0) is 24.0 Å². The van der Waals surface area contributed by atoms with E-state index in [0.717, 1.165) is 12.6 Å². The van der Waals surface area contributed by atoms with Crippen LogP contribution in [0.4, 0.5) is 0 Å². The fourth-order valence-corrected chi connectivity index (χ4v) is 0.1000. The van der Waals surface area contributed by atoms with Crippen molar-refractivity contribution in [1.29, 1.82) is 0 Å². The van der Waals surface area contributed by atoms with Gasteiger partial charge in [-0.3, -0.25) is 0 Å². The van der Waals surface area contributed by atoms with Gasteiger partial charge in [0.15, 0.2) is 0 Å². The van der Waals surface area contributed by atoms with Gasteiger partial charge < -0.3 is 70.3 Å². The van der Waals surface area contributed by atoms with Crippen LogP contribution in [0.25, 0.3) is 0 Å². The Bertz CT molecular complexity index is 402. The first-order chi connectivity index (χ1) is 16.5. The van der Waals surface area contributed by atoms with E-state index < -0.39 is 12.9 Å². The Morgan fingerprint density at radius 2 is 0.659 bits per heavy atom. The Morgan fingerprint density at radius 1 is 0.568 bits per heavy atom. The summed E-state index contributed by atoms with van der Waals surface area (Å²) in [6.45, 7) is 15.8. The standard InChI is InChI=1S/2C5H12O2.2C4H8O.C2H4O2.2CH2O2.CH2O.5CH4.2K.H2O/c2*1-5(2,3-6)4-7;2*1-4(2)3-5;3-1-2-4;2*2-1-3;1-2;;;;;;;;/h2*6-7H,3-4H2,1-2H3;2*3-4H,1-2H3;1-4H;2*1H,(H,2,3);1H2;5*1H4;;;1H2/q;;;;;;;;;;;;;2*+1;/p-3/b;;;;2-1+;;;;;;;;;;;.